The molecular formula is C12H13N3O2. The third kappa shape index (κ3) is 2.00. The number of pyridine rings is 1. The second-order valence-corrected chi connectivity index (χ2v) is 4.38. The van der Waals surface area contributed by atoms with E-state index in [9.17, 15) is 4.79 Å². The lowest BCUT2D eigenvalue weighted by Crippen LogP contribution is -2.01. The number of nitrogens with zero attached hydrogens (tertiary/aromatic N) is 2. The van der Waals surface area contributed by atoms with Gasteiger partial charge in [-0.2, -0.15) is 4.98 Å². The van der Waals surface area contributed by atoms with Gasteiger partial charge in [-0.3, -0.25) is 4.79 Å². The molecule has 88 valence electrons. The van der Waals surface area contributed by atoms with E-state index in [0.29, 0.717) is 11.7 Å². The molecule has 1 aliphatic carbocycles. The fourth-order valence-electron chi connectivity index (χ4n) is 2.24. The maximum Gasteiger partial charge on any atom is 0.247 e. The summed E-state index contributed by atoms with van der Waals surface area (Å²) in [7, 11) is 0. The normalized spacial score (nSPS) is 16.5. The van der Waals surface area contributed by atoms with E-state index in [1.54, 1.807) is 12.3 Å². The van der Waals surface area contributed by atoms with Gasteiger partial charge in [0.05, 0.1) is 0 Å². The molecule has 5 heteroatoms. The number of hydrogen-bond donors (Lipinski definition) is 1. The smallest absolute Gasteiger partial charge is 0.247 e. The highest BCUT2D eigenvalue weighted by Gasteiger charge is 2.23. The van der Waals surface area contributed by atoms with Gasteiger partial charge >= 0.3 is 0 Å². The number of H-pyrrole nitrogens is 1. The van der Waals surface area contributed by atoms with Crippen LogP contribution < -0.4 is 5.56 Å². The molecule has 17 heavy (non-hydrogen) atoms. The molecule has 1 fully saturated rings. The van der Waals surface area contributed by atoms with Crippen molar-refractivity contribution >= 4 is 0 Å². The Labute approximate surface area is 97.9 Å². The quantitative estimate of drug-likeness (QED) is 0.858. The highest BCUT2D eigenvalue weighted by Crippen LogP contribution is 2.33. The van der Waals surface area contributed by atoms with Crippen LogP contribution in [0.1, 0.15) is 37.5 Å². The summed E-state index contributed by atoms with van der Waals surface area (Å²) in [5.41, 5.74) is 0.644. The van der Waals surface area contributed by atoms with Crippen LogP contribution in [-0.2, 0) is 0 Å². The van der Waals surface area contributed by atoms with Crippen molar-refractivity contribution in [2.45, 2.75) is 31.6 Å². The van der Waals surface area contributed by atoms with Crippen LogP contribution in [0.4, 0.5) is 0 Å². The fraction of sp³-hybridized carbons (Fsp3) is 0.417. The van der Waals surface area contributed by atoms with Crippen molar-refractivity contribution in [1.82, 2.24) is 15.1 Å². The van der Waals surface area contributed by atoms with Crippen LogP contribution in [0, 0.1) is 0 Å². The van der Waals surface area contributed by atoms with Crippen molar-refractivity contribution in [2.24, 2.45) is 0 Å². The topological polar surface area (TPSA) is 71.8 Å². The average molecular weight is 231 g/mol. The second kappa shape index (κ2) is 4.16. The first kappa shape index (κ1) is 10.3. The molecule has 0 atom stereocenters. The first-order chi connectivity index (χ1) is 8.33. The maximum absolute atomic E-state index is 10.9. The highest BCUT2D eigenvalue weighted by molar-refractivity contribution is 5.51. The molecule has 0 aliphatic heterocycles. The molecule has 0 aromatic carbocycles. The summed E-state index contributed by atoms with van der Waals surface area (Å²) in [4.78, 5) is 17.9. The molecule has 5 nitrogen and oxygen atoms in total. The number of hydrogen-bond acceptors (Lipinski definition) is 4. The Morgan fingerprint density at radius 3 is 2.82 bits per heavy atom. The molecule has 0 spiro atoms. The van der Waals surface area contributed by atoms with Crippen LogP contribution in [0.25, 0.3) is 11.4 Å². The van der Waals surface area contributed by atoms with E-state index in [4.69, 9.17) is 4.52 Å². The SMILES string of the molecule is O=c1ccc(-c2noc(C3CCCC3)n2)c[nH]1. The van der Waals surface area contributed by atoms with Gasteiger partial charge in [0.2, 0.25) is 17.3 Å². The van der Waals surface area contributed by atoms with Gasteiger partial charge in [-0.05, 0) is 18.9 Å². The largest absolute Gasteiger partial charge is 0.339 e. The zero-order valence-electron chi connectivity index (χ0n) is 9.35. The molecule has 2 heterocycles. The number of aromatic amines is 1. The lowest BCUT2D eigenvalue weighted by molar-refractivity contribution is 0.354. The summed E-state index contributed by atoms with van der Waals surface area (Å²) in [6.45, 7) is 0. The van der Waals surface area contributed by atoms with E-state index in [2.05, 4.69) is 15.1 Å². The van der Waals surface area contributed by atoms with Gasteiger partial charge in [0.1, 0.15) is 0 Å². The van der Waals surface area contributed by atoms with E-state index >= 15 is 0 Å². The predicted octanol–water partition coefficient (Wildman–Crippen LogP) is 2.08. The lowest BCUT2D eigenvalue weighted by Gasteiger charge is -1.99. The molecule has 2 aromatic heterocycles. The van der Waals surface area contributed by atoms with Gasteiger partial charge in [0.25, 0.3) is 0 Å². The van der Waals surface area contributed by atoms with Gasteiger partial charge in [-0.1, -0.05) is 18.0 Å². The number of nitrogens with one attached hydrogen (secondary N) is 1. The summed E-state index contributed by atoms with van der Waals surface area (Å²) >= 11 is 0. The fourth-order valence-corrected chi connectivity index (χ4v) is 2.24. The van der Waals surface area contributed by atoms with Crippen molar-refractivity contribution < 1.29 is 4.52 Å². The second-order valence-electron chi connectivity index (χ2n) is 4.38. The van der Waals surface area contributed by atoms with E-state index in [-0.39, 0.29) is 5.56 Å². The molecule has 0 unspecified atom stereocenters. The Balaban J connectivity index is 1.89. The van der Waals surface area contributed by atoms with Crippen LogP contribution in [0.15, 0.2) is 27.6 Å². The van der Waals surface area contributed by atoms with Crippen molar-refractivity contribution in [3.63, 3.8) is 0 Å². The third-order valence-corrected chi connectivity index (χ3v) is 3.19. The average Bonchev–Trinajstić information content (AvgIpc) is 3.00. The molecule has 1 saturated carbocycles. The Bertz CT molecular complexity index is 547. The minimum Gasteiger partial charge on any atom is -0.339 e. The minimum atomic E-state index is -0.131. The molecule has 0 radical (unpaired) electrons. The van der Waals surface area contributed by atoms with Gasteiger partial charge < -0.3 is 9.51 Å². The Morgan fingerprint density at radius 2 is 2.12 bits per heavy atom. The Kier molecular flexibility index (Phi) is 2.51. The van der Waals surface area contributed by atoms with Crippen molar-refractivity contribution in [1.29, 1.82) is 0 Å². The van der Waals surface area contributed by atoms with Crippen LogP contribution in [0.3, 0.4) is 0 Å². The van der Waals surface area contributed by atoms with Gasteiger partial charge in [0, 0.05) is 23.7 Å². The number of rotatable bonds is 2. The Hall–Kier alpha value is -1.91. The standard InChI is InChI=1S/C12H13N3O2/c16-10-6-5-9(7-13-10)11-14-12(17-15-11)8-3-1-2-4-8/h5-8H,1-4H2,(H,13,16). The zero-order chi connectivity index (χ0) is 11.7. The summed E-state index contributed by atoms with van der Waals surface area (Å²) in [6.07, 6.45) is 6.34. The minimum absolute atomic E-state index is 0.131. The lowest BCUT2D eigenvalue weighted by atomic mass is 10.1. The van der Waals surface area contributed by atoms with Crippen LogP contribution in [0.5, 0.6) is 0 Å². The molecule has 3 rings (SSSR count). The summed E-state index contributed by atoms with van der Waals surface area (Å²) < 4.78 is 5.28. The van der Waals surface area contributed by atoms with Crippen LogP contribution in [0.2, 0.25) is 0 Å². The molecule has 1 N–H and O–H groups in total. The molecular weight excluding hydrogens is 218 g/mol. The zero-order valence-corrected chi connectivity index (χ0v) is 9.35. The number of aromatic nitrogens is 3. The summed E-state index contributed by atoms with van der Waals surface area (Å²) in [5.74, 6) is 1.69. The summed E-state index contributed by atoms with van der Waals surface area (Å²) in [5, 5.41) is 3.95. The van der Waals surface area contributed by atoms with E-state index < -0.39 is 0 Å². The van der Waals surface area contributed by atoms with E-state index in [1.165, 1.54) is 18.9 Å². The van der Waals surface area contributed by atoms with E-state index in [1.807, 2.05) is 0 Å². The summed E-state index contributed by atoms with van der Waals surface area (Å²) in [6, 6.07) is 3.16. The van der Waals surface area contributed by atoms with Crippen LogP contribution in [-0.4, -0.2) is 15.1 Å². The molecule has 1 aliphatic rings. The first-order valence-corrected chi connectivity index (χ1v) is 5.85. The van der Waals surface area contributed by atoms with Gasteiger partial charge in [-0.25, -0.2) is 0 Å². The maximum atomic E-state index is 10.9. The molecule has 0 saturated heterocycles. The predicted molar refractivity (Wildman–Crippen MR) is 61.6 cm³/mol. The van der Waals surface area contributed by atoms with Gasteiger partial charge in [-0.15, -0.1) is 0 Å². The Morgan fingerprint density at radius 1 is 1.29 bits per heavy atom. The third-order valence-electron chi connectivity index (χ3n) is 3.19. The van der Waals surface area contributed by atoms with Gasteiger partial charge in [0.15, 0.2) is 0 Å². The van der Waals surface area contributed by atoms with Crippen LogP contribution >= 0.6 is 0 Å². The highest BCUT2D eigenvalue weighted by atomic mass is 16.5. The monoisotopic (exact) mass is 231 g/mol. The van der Waals surface area contributed by atoms with Crippen molar-refractivity contribution in [2.75, 3.05) is 0 Å². The first-order valence-electron chi connectivity index (χ1n) is 5.85. The molecule has 0 amide bonds. The molecule has 0 bridgehead atoms. The van der Waals surface area contributed by atoms with Crippen molar-refractivity contribution in [3.8, 4) is 11.4 Å². The van der Waals surface area contributed by atoms with E-state index in [0.717, 1.165) is 24.3 Å². The van der Waals surface area contributed by atoms with Crippen molar-refractivity contribution in [3.05, 3.63) is 34.6 Å². The molecule has 2 aromatic rings.